The molecule has 3 atom stereocenters. The zero-order valence-corrected chi connectivity index (χ0v) is 12.6. The van der Waals surface area contributed by atoms with E-state index < -0.39 is 0 Å². The highest BCUT2D eigenvalue weighted by Crippen LogP contribution is 2.50. The second-order valence-corrected chi connectivity index (χ2v) is 6.05. The summed E-state index contributed by atoms with van der Waals surface area (Å²) in [6.45, 7) is 2.50. The minimum atomic E-state index is 0.103. The highest BCUT2D eigenvalue weighted by molar-refractivity contribution is 5.89. The lowest BCUT2D eigenvalue weighted by molar-refractivity contribution is -0.132. The fraction of sp³-hybridized carbons (Fsp3) is 0.389. The molecule has 3 rings (SSSR count). The maximum atomic E-state index is 12.5. The molecule has 21 heavy (non-hydrogen) atoms. The summed E-state index contributed by atoms with van der Waals surface area (Å²) in [7, 11) is 1.86. The van der Waals surface area contributed by atoms with Crippen LogP contribution in [0.15, 0.2) is 42.5 Å². The van der Waals surface area contributed by atoms with Crippen LogP contribution >= 0.6 is 0 Å². The van der Waals surface area contributed by atoms with Gasteiger partial charge in [0.05, 0.1) is 0 Å². The molecule has 1 aliphatic rings. The molecule has 0 saturated heterocycles. The van der Waals surface area contributed by atoms with Gasteiger partial charge in [0.2, 0.25) is 5.91 Å². The number of carbonyl (C=O) groups is 1. The van der Waals surface area contributed by atoms with Crippen LogP contribution in [0.3, 0.4) is 0 Å². The Morgan fingerprint density at radius 2 is 2.00 bits per heavy atom. The van der Waals surface area contributed by atoms with E-state index in [1.807, 2.05) is 14.0 Å². The van der Waals surface area contributed by atoms with Crippen molar-refractivity contribution < 1.29 is 4.79 Å². The summed E-state index contributed by atoms with van der Waals surface area (Å²) < 4.78 is 0. The molecule has 0 spiro atoms. The third-order valence-corrected chi connectivity index (χ3v) is 4.68. The number of hydrogen-bond donors (Lipinski definition) is 1. The van der Waals surface area contributed by atoms with Crippen molar-refractivity contribution in [1.82, 2.24) is 4.90 Å². The number of amides is 1. The molecule has 0 unspecified atom stereocenters. The smallest absolute Gasteiger partial charge is 0.226 e. The largest absolute Gasteiger partial charge is 0.342 e. The first kappa shape index (κ1) is 14.1. The predicted octanol–water partition coefficient (Wildman–Crippen LogP) is 2.75. The van der Waals surface area contributed by atoms with E-state index in [0.717, 1.165) is 6.42 Å². The van der Waals surface area contributed by atoms with Crippen LogP contribution in [0.1, 0.15) is 24.8 Å². The van der Waals surface area contributed by atoms with Gasteiger partial charge in [-0.05, 0) is 35.6 Å². The quantitative estimate of drug-likeness (QED) is 0.937. The van der Waals surface area contributed by atoms with Gasteiger partial charge in [-0.1, -0.05) is 42.5 Å². The molecular weight excluding hydrogens is 260 g/mol. The zero-order chi connectivity index (χ0) is 15.0. The molecule has 2 aromatic carbocycles. The third-order valence-electron chi connectivity index (χ3n) is 4.68. The standard InChI is InChI=1S/C18H22N2O/c1-12(11-19)20(2)18(21)17-10-16(17)15-9-5-7-13-6-3-4-8-14(13)15/h3-9,12,16-17H,10-11,19H2,1-2H3/t12-,16-,17-/m1/s1. The zero-order valence-electron chi connectivity index (χ0n) is 12.6. The lowest BCUT2D eigenvalue weighted by Crippen LogP contribution is -2.40. The van der Waals surface area contributed by atoms with Crippen LogP contribution in [0.5, 0.6) is 0 Å². The average Bonchev–Trinajstić information content (AvgIpc) is 3.32. The van der Waals surface area contributed by atoms with Crippen molar-refractivity contribution in [2.75, 3.05) is 13.6 Å². The Hall–Kier alpha value is -1.87. The molecule has 2 aromatic rings. The topological polar surface area (TPSA) is 46.3 Å². The first-order chi connectivity index (χ1) is 10.1. The van der Waals surface area contributed by atoms with E-state index in [1.165, 1.54) is 16.3 Å². The van der Waals surface area contributed by atoms with Gasteiger partial charge in [0.25, 0.3) is 0 Å². The Morgan fingerprint density at radius 1 is 1.29 bits per heavy atom. The number of fused-ring (bicyclic) bond motifs is 1. The summed E-state index contributed by atoms with van der Waals surface area (Å²) in [4.78, 5) is 14.3. The van der Waals surface area contributed by atoms with E-state index in [0.29, 0.717) is 12.5 Å². The molecule has 1 saturated carbocycles. The van der Waals surface area contributed by atoms with Gasteiger partial charge in [-0.3, -0.25) is 4.79 Å². The molecule has 0 heterocycles. The first-order valence-corrected chi connectivity index (χ1v) is 7.58. The summed E-state index contributed by atoms with van der Waals surface area (Å²) in [5, 5.41) is 2.52. The monoisotopic (exact) mass is 282 g/mol. The highest BCUT2D eigenvalue weighted by atomic mass is 16.2. The summed E-state index contributed by atoms with van der Waals surface area (Å²) in [6, 6.07) is 14.9. The van der Waals surface area contributed by atoms with Crippen LogP contribution in [0.4, 0.5) is 0 Å². The Balaban J connectivity index is 1.82. The summed E-state index contributed by atoms with van der Waals surface area (Å²) in [5.41, 5.74) is 6.96. The van der Waals surface area contributed by atoms with Gasteiger partial charge in [-0.15, -0.1) is 0 Å². The molecule has 1 fully saturated rings. The fourth-order valence-corrected chi connectivity index (χ4v) is 3.02. The molecule has 2 N–H and O–H groups in total. The van der Waals surface area contributed by atoms with Gasteiger partial charge in [0, 0.05) is 25.6 Å². The van der Waals surface area contributed by atoms with E-state index >= 15 is 0 Å². The van der Waals surface area contributed by atoms with Gasteiger partial charge in [0.1, 0.15) is 0 Å². The first-order valence-electron chi connectivity index (χ1n) is 7.58. The number of hydrogen-bond acceptors (Lipinski definition) is 2. The Kier molecular flexibility index (Phi) is 3.68. The number of carbonyl (C=O) groups excluding carboxylic acids is 1. The number of nitrogens with zero attached hydrogens (tertiary/aromatic N) is 1. The summed E-state index contributed by atoms with van der Waals surface area (Å²) in [6.07, 6.45) is 0.953. The molecule has 0 aliphatic heterocycles. The van der Waals surface area contributed by atoms with Crippen molar-refractivity contribution in [2.45, 2.75) is 25.3 Å². The Morgan fingerprint density at radius 3 is 2.76 bits per heavy atom. The number of benzene rings is 2. The van der Waals surface area contributed by atoms with Crippen LogP contribution in [0.2, 0.25) is 0 Å². The van der Waals surface area contributed by atoms with Crippen LogP contribution in [0, 0.1) is 5.92 Å². The lowest BCUT2D eigenvalue weighted by atomic mass is 10.00. The molecule has 0 bridgehead atoms. The van der Waals surface area contributed by atoms with E-state index in [2.05, 4.69) is 42.5 Å². The predicted molar refractivity (Wildman–Crippen MR) is 86.1 cm³/mol. The SMILES string of the molecule is C[C@H](CN)N(C)C(=O)[C@@H]1C[C@@H]1c1cccc2ccccc12. The van der Waals surface area contributed by atoms with Crippen molar-refractivity contribution in [3.8, 4) is 0 Å². The summed E-state index contributed by atoms with van der Waals surface area (Å²) >= 11 is 0. The van der Waals surface area contributed by atoms with Gasteiger partial charge in [-0.2, -0.15) is 0 Å². The van der Waals surface area contributed by atoms with E-state index in [4.69, 9.17) is 5.73 Å². The molecular formula is C18H22N2O. The molecule has 1 amide bonds. The number of nitrogens with two attached hydrogens (primary N) is 1. The number of likely N-dealkylation sites (N-methyl/N-ethyl adjacent to an activating group) is 1. The average molecular weight is 282 g/mol. The summed E-state index contributed by atoms with van der Waals surface area (Å²) in [5.74, 6) is 0.705. The molecule has 3 heteroatoms. The van der Waals surface area contributed by atoms with Gasteiger partial charge < -0.3 is 10.6 Å². The van der Waals surface area contributed by atoms with Gasteiger partial charge in [-0.25, -0.2) is 0 Å². The molecule has 3 nitrogen and oxygen atoms in total. The van der Waals surface area contributed by atoms with Crippen molar-refractivity contribution >= 4 is 16.7 Å². The van der Waals surface area contributed by atoms with E-state index in [-0.39, 0.29) is 17.9 Å². The second kappa shape index (κ2) is 5.49. The normalized spacial score (nSPS) is 22.0. The maximum Gasteiger partial charge on any atom is 0.226 e. The highest BCUT2D eigenvalue weighted by Gasteiger charge is 2.46. The lowest BCUT2D eigenvalue weighted by Gasteiger charge is -2.23. The van der Waals surface area contributed by atoms with Crippen LogP contribution in [0.25, 0.3) is 10.8 Å². The third kappa shape index (κ3) is 2.54. The van der Waals surface area contributed by atoms with Crippen molar-refractivity contribution in [1.29, 1.82) is 0 Å². The van der Waals surface area contributed by atoms with Crippen LogP contribution < -0.4 is 5.73 Å². The van der Waals surface area contributed by atoms with Gasteiger partial charge >= 0.3 is 0 Å². The molecule has 0 aromatic heterocycles. The van der Waals surface area contributed by atoms with Crippen LogP contribution in [-0.4, -0.2) is 30.4 Å². The Bertz CT molecular complexity index is 662. The maximum absolute atomic E-state index is 12.5. The second-order valence-electron chi connectivity index (χ2n) is 6.05. The van der Waals surface area contributed by atoms with Gasteiger partial charge in [0.15, 0.2) is 0 Å². The molecule has 0 radical (unpaired) electrons. The minimum Gasteiger partial charge on any atom is -0.342 e. The molecule has 110 valence electrons. The minimum absolute atomic E-state index is 0.103. The number of rotatable bonds is 4. The molecule has 1 aliphatic carbocycles. The van der Waals surface area contributed by atoms with Crippen molar-refractivity contribution in [3.05, 3.63) is 48.0 Å². The Labute approximate surface area is 125 Å². The van der Waals surface area contributed by atoms with Crippen LogP contribution in [-0.2, 0) is 4.79 Å². The van der Waals surface area contributed by atoms with E-state index in [1.54, 1.807) is 4.90 Å². The van der Waals surface area contributed by atoms with Crippen molar-refractivity contribution in [2.24, 2.45) is 11.7 Å². The fourth-order valence-electron chi connectivity index (χ4n) is 3.02. The van der Waals surface area contributed by atoms with E-state index in [9.17, 15) is 4.79 Å². The van der Waals surface area contributed by atoms with Crippen molar-refractivity contribution in [3.63, 3.8) is 0 Å².